The van der Waals surface area contributed by atoms with E-state index in [1.54, 1.807) is 19.1 Å². The van der Waals surface area contributed by atoms with Crippen molar-refractivity contribution in [2.24, 2.45) is 5.10 Å². The molecular weight excluding hydrogens is 442 g/mol. The van der Waals surface area contributed by atoms with Crippen LogP contribution in [0.15, 0.2) is 52.0 Å². The number of halogens is 1. The van der Waals surface area contributed by atoms with Crippen molar-refractivity contribution in [1.29, 1.82) is 0 Å². The van der Waals surface area contributed by atoms with Crippen molar-refractivity contribution >= 4 is 34.1 Å². The van der Waals surface area contributed by atoms with Gasteiger partial charge in [-0.3, -0.25) is 4.79 Å². The van der Waals surface area contributed by atoms with E-state index in [1.165, 1.54) is 13.3 Å². The standard InChI is InChI=1S/C20H22BrN3O5/c1-3-29-20(27)23-16(14-7-5-4-6-8-14)11-18(25)24-22-12-13-9-15(21)19(26)17(10-13)28-2/h4-10,12,16,26H,3,11H2,1-2H3,(H,23,27)(H,24,25)/b22-12-/t16-/m0/s1. The molecule has 2 amide bonds. The van der Waals surface area contributed by atoms with Gasteiger partial charge in [0, 0.05) is 0 Å². The molecule has 1 atom stereocenters. The number of nitrogens with zero attached hydrogens (tertiary/aromatic N) is 1. The van der Waals surface area contributed by atoms with Crippen LogP contribution < -0.4 is 15.5 Å². The molecule has 0 aromatic heterocycles. The van der Waals surface area contributed by atoms with Gasteiger partial charge in [-0.15, -0.1) is 0 Å². The first-order valence-electron chi connectivity index (χ1n) is 8.81. The number of carbonyl (C=O) groups excluding carboxylic acids is 2. The van der Waals surface area contributed by atoms with E-state index in [2.05, 4.69) is 31.8 Å². The Balaban J connectivity index is 2.03. The number of hydrogen-bond acceptors (Lipinski definition) is 6. The molecule has 0 spiro atoms. The molecule has 2 aromatic rings. The minimum absolute atomic E-state index is 0.0237. The zero-order valence-electron chi connectivity index (χ0n) is 16.0. The second-order valence-corrected chi connectivity index (χ2v) is 6.73. The summed E-state index contributed by atoms with van der Waals surface area (Å²) in [6.45, 7) is 1.94. The van der Waals surface area contributed by atoms with Crippen LogP contribution >= 0.6 is 15.9 Å². The van der Waals surface area contributed by atoms with Crippen LogP contribution in [0.3, 0.4) is 0 Å². The zero-order chi connectivity index (χ0) is 21.2. The van der Waals surface area contributed by atoms with E-state index in [-0.39, 0.29) is 24.5 Å². The number of rotatable bonds is 8. The third kappa shape index (κ3) is 6.79. The van der Waals surface area contributed by atoms with Crippen LogP contribution in [0, 0.1) is 0 Å². The van der Waals surface area contributed by atoms with Crippen LogP contribution in [0.4, 0.5) is 4.79 Å². The Bertz CT molecular complexity index is 874. The second-order valence-electron chi connectivity index (χ2n) is 5.88. The minimum Gasteiger partial charge on any atom is -0.503 e. The Morgan fingerprint density at radius 3 is 2.66 bits per heavy atom. The van der Waals surface area contributed by atoms with E-state index in [0.29, 0.717) is 10.0 Å². The molecule has 154 valence electrons. The topological polar surface area (TPSA) is 109 Å². The molecule has 9 heteroatoms. The van der Waals surface area contributed by atoms with Crippen LogP contribution in [-0.2, 0) is 9.53 Å². The van der Waals surface area contributed by atoms with Crippen LogP contribution in [0.5, 0.6) is 11.5 Å². The number of alkyl carbamates (subject to hydrolysis) is 1. The molecule has 0 saturated carbocycles. The number of benzene rings is 2. The number of phenols is 1. The fraction of sp³-hybridized carbons (Fsp3) is 0.250. The lowest BCUT2D eigenvalue weighted by atomic mass is 10.0. The summed E-state index contributed by atoms with van der Waals surface area (Å²) in [6.07, 6.45) is 0.794. The highest BCUT2D eigenvalue weighted by Gasteiger charge is 2.18. The summed E-state index contributed by atoms with van der Waals surface area (Å²) in [5.74, 6) is -0.143. The summed E-state index contributed by atoms with van der Waals surface area (Å²) >= 11 is 3.22. The molecular formula is C20H22BrN3O5. The molecule has 0 fully saturated rings. The molecule has 2 aromatic carbocycles. The van der Waals surface area contributed by atoms with Crippen molar-refractivity contribution in [2.45, 2.75) is 19.4 Å². The molecule has 0 bridgehead atoms. The van der Waals surface area contributed by atoms with Gasteiger partial charge in [-0.25, -0.2) is 10.2 Å². The van der Waals surface area contributed by atoms with E-state index in [4.69, 9.17) is 9.47 Å². The Morgan fingerprint density at radius 2 is 2.00 bits per heavy atom. The Hall–Kier alpha value is -3.07. The molecule has 0 aliphatic heterocycles. The maximum atomic E-state index is 12.3. The quantitative estimate of drug-likeness (QED) is 0.410. The summed E-state index contributed by atoms with van der Waals surface area (Å²) in [7, 11) is 1.43. The van der Waals surface area contributed by atoms with Gasteiger partial charge in [0.15, 0.2) is 11.5 Å². The van der Waals surface area contributed by atoms with E-state index >= 15 is 0 Å². The molecule has 3 N–H and O–H groups in total. The summed E-state index contributed by atoms with van der Waals surface area (Å²) in [4.78, 5) is 24.1. The number of methoxy groups -OCH3 is 1. The first-order chi connectivity index (χ1) is 13.9. The van der Waals surface area contributed by atoms with Crippen molar-refractivity contribution < 1.29 is 24.2 Å². The maximum absolute atomic E-state index is 12.3. The number of ether oxygens (including phenoxy) is 2. The largest absolute Gasteiger partial charge is 0.503 e. The molecule has 0 aliphatic rings. The van der Waals surface area contributed by atoms with Gasteiger partial charge in [-0.05, 0) is 46.1 Å². The highest BCUT2D eigenvalue weighted by molar-refractivity contribution is 9.10. The van der Waals surface area contributed by atoms with Crippen molar-refractivity contribution in [3.05, 3.63) is 58.1 Å². The number of hydrogen-bond donors (Lipinski definition) is 3. The third-order valence-electron chi connectivity index (χ3n) is 3.83. The van der Waals surface area contributed by atoms with Gasteiger partial charge in [0.05, 0.1) is 36.9 Å². The van der Waals surface area contributed by atoms with Gasteiger partial charge in [0.1, 0.15) is 0 Å². The highest BCUT2D eigenvalue weighted by Crippen LogP contribution is 2.34. The number of nitrogens with one attached hydrogen (secondary N) is 2. The van der Waals surface area contributed by atoms with Crippen molar-refractivity contribution in [2.75, 3.05) is 13.7 Å². The average molecular weight is 464 g/mol. The van der Waals surface area contributed by atoms with Crippen LogP contribution in [-0.4, -0.2) is 37.0 Å². The second kappa shape index (κ2) is 11.1. The normalized spacial score (nSPS) is 11.7. The zero-order valence-corrected chi connectivity index (χ0v) is 17.6. The maximum Gasteiger partial charge on any atom is 0.407 e. The number of hydrazone groups is 1. The summed E-state index contributed by atoms with van der Waals surface area (Å²) in [6, 6.07) is 11.8. The Kier molecular flexibility index (Phi) is 8.47. The first-order valence-corrected chi connectivity index (χ1v) is 9.60. The fourth-order valence-electron chi connectivity index (χ4n) is 2.49. The van der Waals surface area contributed by atoms with Crippen molar-refractivity contribution in [3.8, 4) is 11.5 Å². The van der Waals surface area contributed by atoms with Crippen LogP contribution in [0.2, 0.25) is 0 Å². The Morgan fingerprint density at radius 1 is 1.28 bits per heavy atom. The SMILES string of the molecule is CCOC(=O)N[C@@H](CC(=O)N/N=C\c1cc(Br)c(O)c(OC)c1)c1ccccc1. The predicted molar refractivity (Wildman–Crippen MR) is 112 cm³/mol. The van der Waals surface area contributed by atoms with Crippen LogP contribution in [0.25, 0.3) is 0 Å². The monoisotopic (exact) mass is 463 g/mol. The molecule has 0 heterocycles. The average Bonchev–Trinajstić information content (AvgIpc) is 2.70. The van der Waals surface area contributed by atoms with Gasteiger partial charge >= 0.3 is 6.09 Å². The summed E-state index contributed by atoms with van der Waals surface area (Å²) in [5.41, 5.74) is 3.81. The molecule has 0 saturated heterocycles. The summed E-state index contributed by atoms with van der Waals surface area (Å²) < 4.78 is 10.4. The van der Waals surface area contributed by atoms with Gasteiger partial charge in [-0.1, -0.05) is 30.3 Å². The lowest BCUT2D eigenvalue weighted by Crippen LogP contribution is -2.33. The predicted octanol–water partition coefficient (Wildman–Crippen LogP) is 3.49. The number of amides is 2. The molecule has 29 heavy (non-hydrogen) atoms. The van der Waals surface area contributed by atoms with Gasteiger partial charge in [0.2, 0.25) is 5.91 Å². The van der Waals surface area contributed by atoms with Crippen LogP contribution in [0.1, 0.15) is 30.5 Å². The van der Waals surface area contributed by atoms with Gasteiger partial charge in [-0.2, -0.15) is 5.10 Å². The summed E-state index contributed by atoms with van der Waals surface area (Å²) in [5, 5.41) is 16.4. The fourth-order valence-corrected chi connectivity index (χ4v) is 2.95. The molecule has 0 unspecified atom stereocenters. The number of carbonyl (C=O) groups is 2. The number of aromatic hydroxyl groups is 1. The lowest BCUT2D eigenvalue weighted by Gasteiger charge is -2.18. The third-order valence-corrected chi connectivity index (χ3v) is 4.44. The van der Waals surface area contributed by atoms with E-state index < -0.39 is 18.0 Å². The van der Waals surface area contributed by atoms with E-state index in [9.17, 15) is 14.7 Å². The minimum atomic E-state index is -0.598. The molecule has 0 radical (unpaired) electrons. The Labute approximate surface area is 177 Å². The van der Waals surface area contributed by atoms with E-state index in [1.807, 2.05) is 30.3 Å². The number of phenolic OH excluding ortho intramolecular Hbond substituents is 1. The van der Waals surface area contributed by atoms with E-state index in [0.717, 1.165) is 5.56 Å². The molecule has 2 rings (SSSR count). The van der Waals surface area contributed by atoms with Gasteiger partial charge < -0.3 is 19.9 Å². The van der Waals surface area contributed by atoms with Crippen molar-refractivity contribution in [1.82, 2.24) is 10.7 Å². The smallest absolute Gasteiger partial charge is 0.407 e. The van der Waals surface area contributed by atoms with Gasteiger partial charge in [0.25, 0.3) is 0 Å². The highest BCUT2D eigenvalue weighted by atomic mass is 79.9. The molecule has 8 nitrogen and oxygen atoms in total. The lowest BCUT2D eigenvalue weighted by molar-refractivity contribution is -0.121. The van der Waals surface area contributed by atoms with Crippen molar-refractivity contribution in [3.63, 3.8) is 0 Å². The molecule has 0 aliphatic carbocycles. The first kappa shape index (κ1) is 22.2.